The minimum Gasteiger partial charge on any atom is -0.468 e. The van der Waals surface area contributed by atoms with Crippen LogP contribution in [0.15, 0.2) is 0 Å². The van der Waals surface area contributed by atoms with Gasteiger partial charge in [-0.25, -0.2) is 0 Å². The normalized spacial score (nSPS) is 8.88. The van der Waals surface area contributed by atoms with Crippen molar-refractivity contribution < 1.29 is 28.7 Å². The molecule has 0 aromatic carbocycles. The third-order valence-corrected chi connectivity index (χ3v) is 1.45. The monoisotopic (exact) mass is 232 g/mol. The zero-order valence-corrected chi connectivity index (χ0v) is 8.86. The Hall–Kier alpha value is -2.12. The molecule has 0 radical (unpaired) electrons. The Bertz CT molecular complexity index is 271. The van der Waals surface area contributed by atoms with Gasteiger partial charge in [-0.15, -0.1) is 0 Å². The Morgan fingerprint density at radius 2 is 1.12 bits per heavy atom. The number of methoxy groups -OCH3 is 2. The average Bonchev–Trinajstić information content (AvgIpc) is 2.31. The van der Waals surface area contributed by atoms with Gasteiger partial charge in [0.25, 0.3) is 0 Å². The zero-order chi connectivity index (χ0) is 12.6. The molecule has 0 rings (SSSR count). The molecule has 0 aliphatic heterocycles. The first-order valence-electron chi connectivity index (χ1n) is 4.21. The lowest BCUT2D eigenvalue weighted by Gasteiger charge is -2.04. The fraction of sp³-hybridized carbons (Fsp3) is 0.500. The Balaban J connectivity index is 3.87. The van der Waals surface area contributed by atoms with Crippen LogP contribution in [-0.2, 0) is 28.7 Å². The van der Waals surface area contributed by atoms with E-state index >= 15 is 0 Å². The van der Waals surface area contributed by atoms with E-state index in [2.05, 4.69) is 9.47 Å². The molecule has 90 valence electrons. The van der Waals surface area contributed by atoms with Crippen molar-refractivity contribution in [3.63, 3.8) is 0 Å². The maximum absolute atomic E-state index is 11.0. The minimum atomic E-state index is -1.03. The topological polar surface area (TPSA) is 111 Å². The molecule has 8 nitrogen and oxygen atoms in total. The minimum absolute atomic E-state index is 0.416. The number of ether oxygens (including phenoxy) is 2. The van der Waals surface area contributed by atoms with Gasteiger partial charge >= 0.3 is 23.8 Å². The maximum atomic E-state index is 11.0. The standard InChI is InChI=1S/C8H12N2O6/c1-15-5(11)3-9-7(13)8(14)10-4-6(12)16-2/h3-4H2,1-2H3,(H,9,13)(H,10,14). The van der Waals surface area contributed by atoms with E-state index < -0.39 is 36.8 Å². The molecule has 16 heavy (non-hydrogen) atoms. The Kier molecular flexibility index (Phi) is 6.25. The summed E-state index contributed by atoms with van der Waals surface area (Å²) in [6.07, 6.45) is 0. The highest BCUT2D eigenvalue weighted by Crippen LogP contribution is 1.74. The van der Waals surface area contributed by atoms with Crippen LogP contribution in [0.2, 0.25) is 0 Å². The molecule has 0 aromatic heterocycles. The summed E-state index contributed by atoms with van der Waals surface area (Å²) in [5, 5.41) is 3.99. The number of carbonyl (C=O) groups is 4. The predicted octanol–water partition coefficient (Wildman–Crippen LogP) is -2.44. The largest absolute Gasteiger partial charge is 0.468 e. The molecule has 0 saturated heterocycles. The second-order valence-corrected chi connectivity index (χ2v) is 2.52. The van der Waals surface area contributed by atoms with Crippen LogP contribution >= 0.6 is 0 Å². The summed E-state index contributed by atoms with van der Waals surface area (Å²) < 4.78 is 8.47. The van der Waals surface area contributed by atoms with Crippen LogP contribution in [0.25, 0.3) is 0 Å². The van der Waals surface area contributed by atoms with E-state index in [1.54, 1.807) is 0 Å². The number of nitrogens with one attached hydrogen (secondary N) is 2. The van der Waals surface area contributed by atoms with Crippen molar-refractivity contribution in [3.8, 4) is 0 Å². The van der Waals surface area contributed by atoms with Gasteiger partial charge in [-0.2, -0.15) is 0 Å². The van der Waals surface area contributed by atoms with Crippen LogP contribution in [0.5, 0.6) is 0 Å². The Morgan fingerprint density at radius 1 is 0.812 bits per heavy atom. The van der Waals surface area contributed by atoms with Crippen molar-refractivity contribution in [1.82, 2.24) is 10.6 Å². The van der Waals surface area contributed by atoms with Crippen LogP contribution < -0.4 is 10.6 Å². The van der Waals surface area contributed by atoms with E-state index in [-0.39, 0.29) is 0 Å². The maximum Gasteiger partial charge on any atom is 0.325 e. The molecule has 2 N–H and O–H groups in total. The van der Waals surface area contributed by atoms with Crippen molar-refractivity contribution in [2.75, 3.05) is 27.3 Å². The summed E-state index contributed by atoms with van der Waals surface area (Å²) in [5.41, 5.74) is 0. The van der Waals surface area contributed by atoms with Gasteiger partial charge in [-0.1, -0.05) is 0 Å². The molecule has 0 atom stereocenters. The second-order valence-electron chi connectivity index (χ2n) is 2.52. The van der Waals surface area contributed by atoms with Crippen LogP contribution in [-0.4, -0.2) is 51.1 Å². The molecule has 0 spiro atoms. The van der Waals surface area contributed by atoms with Gasteiger partial charge in [-0.3, -0.25) is 19.2 Å². The summed E-state index contributed by atoms with van der Waals surface area (Å²) in [6.45, 7) is -0.831. The smallest absolute Gasteiger partial charge is 0.325 e. The lowest BCUT2D eigenvalue weighted by Crippen LogP contribution is -2.43. The molecular weight excluding hydrogens is 220 g/mol. The molecular formula is C8H12N2O6. The van der Waals surface area contributed by atoms with Gasteiger partial charge in [0.2, 0.25) is 0 Å². The number of amides is 2. The van der Waals surface area contributed by atoms with Crippen molar-refractivity contribution in [1.29, 1.82) is 0 Å². The first-order chi connectivity index (χ1) is 7.51. The summed E-state index contributed by atoms with van der Waals surface area (Å²) in [5.74, 6) is -3.44. The Labute approximate surface area is 91.3 Å². The van der Waals surface area contributed by atoms with Gasteiger partial charge in [-0.05, 0) is 0 Å². The van der Waals surface area contributed by atoms with Gasteiger partial charge < -0.3 is 20.1 Å². The lowest BCUT2D eigenvalue weighted by atomic mass is 10.5. The fourth-order valence-corrected chi connectivity index (χ4v) is 0.610. The van der Waals surface area contributed by atoms with Crippen LogP contribution in [0.4, 0.5) is 0 Å². The van der Waals surface area contributed by atoms with Crippen LogP contribution in [0.1, 0.15) is 0 Å². The number of esters is 2. The highest BCUT2D eigenvalue weighted by molar-refractivity contribution is 6.35. The Morgan fingerprint density at radius 3 is 1.38 bits per heavy atom. The van der Waals surface area contributed by atoms with Crippen LogP contribution in [0, 0.1) is 0 Å². The van der Waals surface area contributed by atoms with E-state index in [9.17, 15) is 19.2 Å². The first kappa shape index (κ1) is 13.9. The number of hydrogen-bond donors (Lipinski definition) is 2. The van der Waals surface area contributed by atoms with Gasteiger partial charge in [0, 0.05) is 0 Å². The lowest BCUT2D eigenvalue weighted by molar-refractivity contribution is -0.145. The molecule has 2 amide bonds. The van der Waals surface area contributed by atoms with E-state index in [1.807, 2.05) is 10.6 Å². The number of rotatable bonds is 4. The SMILES string of the molecule is COC(=O)CNC(=O)C(=O)NCC(=O)OC. The molecule has 0 aromatic rings. The van der Waals surface area contributed by atoms with Crippen molar-refractivity contribution in [2.45, 2.75) is 0 Å². The fourth-order valence-electron chi connectivity index (χ4n) is 0.610. The third kappa shape index (κ3) is 5.58. The highest BCUT2D eigenvalue weighted by Gasteiger charge is 2.15. The van der Waals surface area contributed by atoms with E-state index in [0.29, 0.717) is 0 Å². The number of carbonyl (C=O) groups excluding carboxylic acids is 4. The molecule has 8 heteroatoms. The molecule has 0 heterocycles. The van der Waals surface area contributed by atoms with Gasteiger partial charge in [0.15, 0.2) is 0 Å². The van der Waals surface area contributed by atoms with Crippen molar-refractivity contribution in [2.24, 2.45) is 0 Å². The summed E-state index contributed by atoms with van der Waals surface area (Å²) in [6, 6.07) is 0. The van der Waals surface area contributed by atoms with Gasteiger partial charge in [0.1, 0.15) is 13.1 Å². The summed E-state index contributed by atoms with van der Waals surface area (Å²) in [7, 11) is 2.29. The zero-order valence-electron chi connectivity index (χ0n) is 8.86. The highest BCUT2D eigenvalue weighted by atomic mass is 16.5. The average molecular weight is 232 g/mol. The third-order valence-electron chi connectivity index (χ3n) is 1.45. The molecule has 0 bridgehead atoms. The summed E-state index contributed by atoms with van der Waals surface area (Å²) >= 11 is 0. The van der Waals surface area contributed by atoms with E-state index in [4.69, 9.17) is 0 Å². The molecule has 0 saturated carbocycles. The van der Waals surface area contributed by atoms with Crippen molar-refractivity contribution in [3.05, 3.63) is 0 Å². The molecule has 0 aliphatic carbocycles. The molecule has 0 unspecified atom stereocenters. The second kappa shape index (κ2) is 7.21. The van der Waals surface area contributed by atoms with Gasteiger partial charge in [0.05, 0.1) is 14.2 Å². The molecule has 0 fully saturated rings. The van der Waals surface area contributed by atoms with Crippen LogP contribution in [0.3, 0.4) is 0 Å². The predicted molar refractivity (Wildman–Crippen MR) is 50.1 cm³/mol. The van der Waals surface area contributed by atoms with E-state index in [1.165, 1.54) is 0 Å². The quantitative estimate of drug-likeness (QED) is 0.411. The molecule has 0 aliphatic rings. The first-order valence-corrected chi connectivity index (χ1v) is 4.21. The number of hydrogen-bond acceptors (Lipinski definition) is 6. The van der Waals surface area contributed by atoms with E-state index in [0.717, 1.165) is 14.2 Å². The van der Waals surface area contributed by atoms with Crippen molar-refractivity contribution >= 4 is 23.8 Å². The summed E-state index contributed by atoms with van der Waals surface area (Å²) in [4.78, 5) is 43.2.